The number of hydrazine groups is 1. The zero-order valence-electron chi connectivity index (χ0n) is 20.6. The quantitative estimate of drug-likeness (QED) is 0.486. The van der Waals surface area contributed by atoms with E-state index >= 15 is 0 Å². The molecule has 180 valence electrons. The summed E-state index contributed by atoms with van der Waals surface area (Å²) in [6.07, 6.45) is 7.67. The number of fused-ring (bicyclic) bond motifs is 6. The maximum atomic E-state index is 5.20. The van der Waals surface area contributed by atoms with Crippen molar-refractivity contribution in [3.05, 3.63) is 54.8 Å². The van der Waals surface area contributed by atoms with Gasteiger partial charge >= 0.3 is 0 Å². The van der Waals surface area contributed by atoms with Gasteiger partial charge in [0.1, 0.15) is 22.5 Å². The van der Waals surface area contributed by atoms with Gasteiger partial charge in [-0.25, -0.2) is 15.4 Å². The molecular formula is C26H35N7S. The zero-order chi connectivity index (χ0) is 23.9. The Morgan fingerprint density at radius 2 is 1.97 bits per heavy atom. The summed E-state index contributed by atoms with van der Waals surface area (Å²) in [7, 11) is 0. The van der Waals surface area contributed by atoms with E-state index in [9.17, 15) is 0 Å². The summed E-state index contributed by atoms with van der Waals surface area (Å²) in [5.41, 5.74) is 5.28. The summed E-state index contributed by atoms with van der Waals surface area (Å²) in [5.74, 6) is 3.41. The first-order chi connectivity index (χ1) is 16.2. The first-order valence-electron chi connectivity index (χ1n) is 12.1. The Labute approximate surface area is 207 Å². The van der Waals surface area contributed by atoms with Crippen LogP contribution in [0.3, 0.4) is 0 Å². The van der Waals surface area contributed by atoms with Gasteiger partial charge in [-0.1, -0.05) is 12.6 Å². The molecule has 3 N–H and O–H groups in total. The van der Waals surface area contributed by atoms with E-state index in [4.69, 9.17) is 9.97 Å². The van der Waals surface area contributed by atoms with E-state index in [1.54, 1.807) is 0 Å². The fraction of sp³-hybridized carbons (Fsp3) is 0.462. The molecule has 0 spiro atoms. The molecular weight excluding hydrogens is 442 g/mol. The van der Waals surface area contributed by atoms with Crippen molar-refractivity contribution >= 4 is 35.1 Å². The first-order valence-corrected chi connectivity index (χ1v) is 12.9. The lowest BCUT2D eigenvalue weighted by Crippen LogP contribution is -2.43. The Kier molecular flexibility index (Phi) is 5.98. The number of nitrogens with zero attached hydrogens (tertiary/aromatic N) is 4. The van der Waals surface area contributed by atoms with Gasteiger partial charge in [0.2, 0.25) is 0 Å². The molecule has 0 aliphatic carbocycles. The zero-order valence-corrected chi connectivity index (χ0v) is 21.4. The second kappa shape index (κ2) is 8.82. The second-order valence-corrected chi connectivity index (χ2v) is 11.5. The maximum absolute atomic E-state index is 5.20. The van der Waals surface area contributed by atoms with E-state index in [2.05, 4.69) is 79.0 Å². The molecule has 3 aliphatic rings. The third-order valence-electron chi connectivity index (χ3n) is 6.79. The van der Waals surface area contributed by atoms with Gasteiger partial charge in [-0.15, -0.1) is 0 Å². The lowest BCUT2D eigenvalue weighted by atomic mass is 9.93. The fourth-order valence-corrected chi connectivity index (χ4v) is 5.72. The molecule has 34 heavy (non-hydrogen) atoms. The highest BCUT2D eigenvalue weighted by atomic mass is 32.2. The van der Waals surface area contributed by atoms with Crippen molar-refractivity contribution in [3.8, 4) is 0 Å². The van der Waals surface area contributed by atoms with E-state index in [0.717, 1.165) is 59.7 Å². The van der Waals surface area contributed by atoms with Crippen molar-refractivity contribution in [2.45, 2.75) is 63.1 Å². The SMILES string of the molecule is C=C1NSc2cccc(n2)NCCCC2CN(c3nc(N4C=CC(C)(C)N4)ccc31)C(C)(C)C2. The molecule has 1 fully saturated rings. The number of pyridine rings is 2. The molecule has 0 aromatic carbocycles. The van der Waals surface area contributed by atoms with Crippen molar-refractivity contribution in [1.29, 1.82) is 0 Å². The minimum atomic E-state index is -0.0951. The third-order valence-corrected chi connectivity index (χ3v) is 7.58. The predicted molar refractivity (Wildman–Crippen MR) is 143 cm³/mol. The van der Waals surface area contributed by atoms with E-state index in [-0.39, 0.29) is 11.1 Å². The van der Waals surface area contributed by atoms with Gasteiger partial charge in [-0.05, 0) is 83.2 Å². The number of rotatable bonds is 1. The van der Waals surface area contributed by atoms with Gasteiger partial charge in [0.15, 0.2) is 0 Å². The predicted octanol–water partition coefficient (Wildman–Crippen LogP) is 5.17. The molecule has 1 atom stereocenters. The average molecular weight is 478 g/mol. The summed E-state index contributed by atoms with van der Waals surface area (Å²) in [5, 5.41) is 6.41. The molecule has 5 heterocycles. The summed E-state index contributed by atoms with van der Waals surface area (Å²) in [6.45, 7) is 15.3. The number of anilines is 3. The molecule has 2 aromatic heterocycles. The smallest absolute Gasteiger partial charge is 0.149 e. The van der Waals surface area contributed by atoms with Crippen molar-refractivity contribution in [3.63, 3.8) is 0 Å². The normalized spacial score (nSPS) is 23.5. The van der Waals surface area contributed by atoms with E-state index in [1.165, 1.54) is 18.4 Å². The molecule has 8 heteroatoms. The summed E-state index contributed by atoms with van der Waals surface area (Å²) in [6, 6.07) is 10.3. The van der Waals surface area contributed by atoms with Gasteiger partial charge in [-0.3, -0.25) is 5.01 Å². The molecule has 1 unspecified atom stereocenters. The van der Waals surface area contributed by atoms with Crippen LogP contribution in [0.1, 0.15) is 52.5 Å². The lowest BCUT2D eigenvalue weighted by Gasteiger charge is -2.35. The van der Waals surface area contributed by atoms with Crippen LogP contribution >= 0.6 is 11.9 Å². The van der Waals surface area contributed by atoms with Crippen LogP contribution in [0.15, 0.2) is 54.2 Å². The highest BCUT2D eigenvalue weighted by molar-refractivity contribution is 7.97. The molecule has 7 nitrogen and oxygen atoms in total. The topological polar surface area (TPSA) is 68.4 Å². The van der Waals surface area contributed by atoms with Crippen molar-refractivity contribution in [2.24, 2.45) is 5.92 Å². The number of hydrogen-bond acceptors (Lipinski definition) is 8. The summed E-state index contributed by atoms with van der Waals surface area (Å²) in [4.78, 5) is 12.4. The summed E-state index contributed by atoms with van der Waals surface area (Å²) < 4.78 is 3.43. The van der Waals surface area contributed by atoms with E-state index in [1.807, 2.05) is 23.2 Å². The van der Waals surface area contributed by atoms with Crippen LogP contribution < -0.4 is 25.4 Å². The van der Waals surface area contributed by atoms with Crippen LogP contribution in [0, 0.1) is 5.92 Å². The molecule has 0 saturated carbocycles. The molecule has 5 rings (SSSR count). The Morgan fingerprint density at radius 1 is 1.12 bits per heavy atom. The van der Waals surface area contributed by atoms with Crippen LogP contribution in [0.5, 0.6) is 0 Å². The second-order valence-electron chi connectivity index (χ2n) is 10.7. The van der Waals surface area contributed by atoms with Crippen molar-refractivity contribution in [2.75, 3.05) is 28.3 Å². The molecule has 2 aromatic rings. The Balaban J connectivity index is 1.52. The standard InChI is InChI=1S/C26H35N7S/c1-18-20-11-12-22(33-15-13-25(2,3)31-33)29-24(20)32-17-19(16-26(32,4)5)8-7-14-27-21-9-6-10-23(28-21)34-30-18/h6,9-13,15,19,30-31H,1,7-8,14,16-17H2,2-5H3,(H,27,28). The monoisotopic (exact) mass is 477 g/mol. The summed E-state index contributed by atoms with van der Waals surface area (Å²) >= 11 is 1.48. The van der Waals surface area contributed by atoms with Crippen molar-refractivity contribution in [1.82, 2.24) is 20.1 Å². The highest BCUT2D eigenvalue weighted by Crippen LogP contribution is 2.41. The highest BCUT2D eigenvalue weighted by Gasteiger charge is 2.40. The molecule has 1 saturated heterocycles. The number of aromatic nitrogens is 2. The van der Waals surface area contributed by atoms with Crippen LogP contribution in [0.2, 0.25) is 0 Å². The van der Waals surface area contributed by atoms with Gasteiger partial charge in [-0.2, -0.15) is 0 Å². The van der Waals surface area contributed by atoms with Crippen LogP contribution in [-0.2, 0) is 0 Å². The fourth-order valence-electron chi connectivity index (χ4n) is 5.09. The Bertz CT molecular complexity index is 1110. The van der Waals surface area contributed by atoms with E-state index in [0.29, 0.717) is 5.92 Å². The minimum Gasteiger partial charge on any atom is -0.370 e. The molecule has 0 amide bonds. The molecule has 4 bridgehead atoms. The van der Waals surface area contributed by atoms with Crippen LogP contribution in [-0.4, -0.2) is 34.1 Å². The largest absolute Gasteiger partial charge is 0.370 e. The van der Waals surface area contributed by atoms with Gasteiger partial charge < -0.3 is 14.9 Å². The van der Waals surface area contributed by atoms with Gasteiger partial charge in [0, 0.05) is 48.0 Å². The van der Waals surface area contributed by atoms with E-state index < -0.39 is 0 Å². The Hall–Kier alpha value is -2.71. The maximum Gasteiger partial charge on any atom is 0.149 e. The number of nitrogens with one attached hydrogen (secondary N) is 3. The van der Waals surface area contributed by atoms with Crippen molar-refractivity contribution < 1.29 is 0 Å². The first kappa shape index (κ1) is 23.1. The molecule has 3 aliphatic heterocycles. The van der Waals surface area contributed by atoms with Gasteiger partial charge in [0.05, 0.1) is 5.54 Å². The van der Waals surface area contributed by atoms with Crippen LogP contribution in [0.25, 0.3) is 5.70 Å². The molecule has 0 radical (unpaired) electrons. The average Bonchev–Trinajstić information content (AvgIpc) is 3.32. The van der Waals surface area contributed by atoms with Gasteiger partial charge in [0.25, 0.3) is 0 Å². The minimum absolute atomic E-state index is 0.0162. The number of hydrogen-bond donors (Lipinski definition) is 3. The Morgan fingerprint density at radius 3 is 2.76 bits per heavy atom. The lowest BCUT2D eigenvalue weighted by molar-refractivity contribution is 0.448. The van der Waals surface area contributed by atoms with Crippen LogP contribution in [0.4, 0.5) is 17.5 Å². The third kappa shape index (κ3) is 4.74.